The Labute approximate surface area is 162 Å². The predicted octanol–water partition coefficient (Wildman–Crippen LogP) is 2.42. The minimum atomic E-state index is -0.914. The highest BCUT2D eigenvalue weighted by molar-refractivity contribution is 6.31. The molecule has 2 aliphatic heterocycles. The zero-order valence-corrected chi connectivity index (χ0v) is 15.9. The maximum absolute atomic E-state index is 13.1. The minimum Gasteiger partial charge on any atom is -0.496 e. The minimum absolute atomic E-state index is 0.0610. The molecule has 1 aromatic rings. The fraction of sp³-hybridized carbons (Fsp3) is 0.526. The molecule has 0 radical (unpaired) electrons. The zero-order chi connectivity index (χ0) is 19.6. The topological polar surface area (TPSA) is 87.2 Å². The van der Waals surface area contributed by atoms with Crippen LogP contribution < -0.4 is 4.74 Å². The van der Waals surface area contributed by atoms with Crippen molar-refractivity contribution >= 4 is 29.4 Å². The number of amides is 2. The lowest BCUT2D eigenvalue weighted by Gasteiger charge is -2.31. The van der Waals surface area contributed by atoms with Gasteiger partial charge in [0.1, 0.15) is 11.8 Å². The lowest BCUT2D eigenvalue weighted by atomic mass is 10.1. The third-order valence-electron chi connectivity index (χ3n) is 5.26. The van der Waals surface area contributed by atoms with Crippen molar-refractivity contribution in [1.82, 2.24) is 9.80 Å². The number of methoxy groups -OCH3 is 1. The number of rotatable bonds is 5. The fourth-order valence-corrected chi connectivity index (χ4v) is 4.17. The Morgan fingerprint density at radius 2 is 1.89 bits per heavy atom. The number of nitrogens with zero attached hydrogens (tertiary/aromatic N) is 2. The average Bonchev–Trinajstić information content (AvgIpc) is 3.29. The van der Waals surface area contributed by atoms with Crippen LogP contribution in [0.2, 0.25) is 5.02 Å². The number of carboxylic acids is 1. The van der Waals surface area contributed by atoms with Gasteiger partial charge in [-0.25, -0.2) is 0 Å². The van der Waals surface area contributed by atoms with Crippen LogP contribution in [0.1, 0.15) is 42.5 Å². The van der Waals surface area contributed by atoms with Gasteiger partial charge in [0, 0.05) is 24.2 Å². The predicted molar refractivity (Wildman–Crippen MR) is 99.1 cm³/mol. The van der Waals surface area contributed by atoms with E-state index in [2.05, 4.69) is 0 Å². The monoisotopic (exact) mass is 394 g/mol. The SMILES string of the molecule is COc1ccc(Cl)cc1C(=O)N1CCCC1C(=O)N1CCCC1CC(=O)O. The fourth-order valence-electron chi connectivity index (χ4n) is 4.00. The first-order valence-electron chi connectivity index (χ1n) is 9.09. The van der Waals surface area contributed by atoms with E-state index in [1.807, 2.05) is 0 Å². The molecule has 1 N–H and O–H groups in total. The van der Waals surface area contributed by atoms with Crippen LogP contribution >= 0.6 is 11.6 Å². The number of likely N-dealkylation sites (tertiary alicyclic amines) is 2. The summed E-state index contributed by atoms with van der Waals surface area (Å²) in [6, 6.07) is 3.95. The highest BCUT2D eigenvalue weighted by atomic mass is 35.5. The average molecular weight is 395 g/mol. The van der Waals surface area contributed by atoms with Gasteiger partial charge in [-0.2, -0.15) is 0 Å². The van der Waals surface area contributed by atoms with E-state index < -0.39 is 12.0 Å². The highest BCUT2D eigenvalue weighted by Gasteiger charge is 2.41. The molecule has 0 saturated carbocycles. The Morgan fingerprint density at radius 1 is 1.19 bits per heavy atom. The third kappa shape index (κ3) is 4.03. The van der Waals surface area contributed by atoms with Crippen LogP contribution in [0.5, 0.6) is 5.75 Å². The Hall–Kier alpha value is -2.28. The van der Waals surface area contributed by atoms with Crippen molar-refractivity contribution in [2.24, 2.45) is 0 Å². The van der Waals surface area contributed by atoms with E-state index in [1.54, 1.807) is 28.0 Å². The van der Waals surface area contributed by atoms with E-state index in [9.17, 15) is 14.4 Å². The van der Waals surface area contributed by atoms with E-state index >= 15 is 0 Å². The summed E-state index contributed by atoms with van der Waals surface area (Å²) >= 11 is 6.04. The van der Waals surface area contributed by atoms with Crippen molar-refractivity contribution in [1.29, 1.82) is 0 Å². The Kier molecular flexibility index (Phi) is 5.89. The summed E-state index contributed by atoms with van der Waals surface area (Å²) in [7, 11) is 1.48. The van der Waals surface area contributed by atoms with E-state index in [0.29, 0.717) is 42.3 Å². The molecule has 2 saturated heterocycles. The van der Waals surface area contributed by atoms with Crippen molar-refractivity contribution in [3.63, 3.8) is 0 Å². The van der Waals surface area contributed by atoms with E-state index in [-0.39, 0.29) is 24.3 Å². The molecule has 0 bridgehead atoms. The van der Waals surface area contributed by atoms with Gasteiger partial charge in [0.15, 0.2) is 0 Å². The summed E-state index contributed by atoms with van der Waals surface area (Å²) in [5.41, 5.74) is 0.327. The summed E-state index contributed by atoms with van der Waals surface area (Å²) in [6.07, 6.45) is 2.70. The lowest BCUT2D eigenvalue weighted by molar-refractivity contribution is -0.141. The highest BCUT2D eigenvalue weighted by Crippen LogP contribution is 2.30. The van der Waals surface area contributed by atoms with Crippen LogP contribution in [0.15, 0.2) is 18.2 Å². The summed E-state index contributed by atoms with van der Waals surface area (Å²) in [5.74, 6) is -0.958. The van der Waals surface area contributed by atoms with Crippen molar-refractivity contribution < 1.29 is 24.2 Å². The molecule has 0 spiro atoms. The van der Waals surface area contributed by atoms with Gasteiger partial charge in [-0.15, -0.1) is 0 Å². The van der Waals surface area contributed by atoms with Crippen LogP contribution in [-0.4, -0.2) is 65.0 Å². The van der Waals surface area contributed by atoms with Crippen LogP contribution in [0.4, 0.5) is 0 Å². The molecule has 146 valence electrons. The smallest absolute Gasteiger partial charge is 0.305 e. The number of carbonyl (C=O) groups is 3. The maximum Gasteiger partial charge on any atom is 0.305 e. The largest absolute Gasteiger partial charge is 0.496 e. The molecule has 2 aliphatic rings. The second kappa shape index (κ2) is 8.17. The number of carboxylic acid groups (broad SMARTS) is 1. The van der Waals surface area contributed by atoms with Crippen LogP contribution in [0.3, 0.4) is 0 Å². The number of hydrogen-bond donors (Lipinski definition) is 1. The van der Waals surface area contributed by atoms with Crippen molar-refractivity contribution in [3.8, 4) is 5.75 Å². The van der Waals surface area contributed by atoms with Crippen molar-refractivity contribution in [2.75, 3.05) is 20.2 Å². The quantitative estimate of drug-likeness (QED) is 0.828. The Bertz CT molecular complexity index is 754. The van der Waals surface area contributed by atoms with E-state index in [0.717, 1.165) is 12.8 Å². The molecule has 2 atom stereocenters. The molecule has 2 amide bonds. The van der Waals surface area contributed by atoms with E-state index in [1.165, 1.54) is 7.11 Å². The number of benzene rings is 1. The molecule has 2 fully saturated rings. The second-order valence-electron chi connectivity index (χ2n) is 6.93. The number of ether oxygens (including phenoxy) is 1. The maximum atomic E-state index is 13.1. The molecule has 3 rings (SSSR count). The first-order chi connectivity index (χ1) is 12.9. The van der Waals surface area contributed by atoms with Gasteiger partial charge in [0.2, 0.25) is 5.91 Å². The molecule has 0 aromatic heterocycles. The first-order valence-corrected chi connectivity index (χ1v) is 9.47. The van der Waals surface area contributed by atoms with E-state index in [4.69, 9.17) is 21.4 Å². The number of aliphatic carboxylic acids is 1. The summed E-state index contributed by atoms with van der Waals surface area (Å²) in [4.78, 5) is 40.5. The molecule has 1 aromatic carbocycles. The number of hydrogen-bond acceptors (Lipinski definition) is 4. The molecular weight excluding hydrogens is 372 g/mol. The number of carbonyl (C=O) groups excluding carboxylic acids is 2. The lowest BCUT2D eigenvalue weighted by Crippen LogP contribution is -2.49. The number of halogens is 1. The normalized spacial score (nSPS) is 22.1. The molecule has 0 aliphatic carbocycles. The first kappa shape index (κ1) is 19.5. The summed E-state index contributed by atoms with van der Waals surface area (Å²) in [5, 5.41) is 9.50. The Balaban J connectivity index is 1.81. The molecule has 8 heteroatoms. The molecule has 2 heterocycles. The summed E-state index contributed by atoms with van der Waals surface area (Å²) < 4.78 is 5.27. The van der Waals surface area contributed by atoms with Crippen LogP contribution in [0, 0.1) is 0 Å². The molecular formula is C19H23ClN2O5. The van der Waals surface area contributed by atoms with Gasteiger partial charge in [-0.1, -0.05) is 11.6 Å². The molecule has 2 unspecified atom stereocenters. The van der Waals surface area contributed by atoms with Gasteiger partial charge in [0.25, 0.3) is 5.91 Å². The summed E-state index contributed by atoms with van der Waals surface area (Å²) in [6.45, 7) is 1.01. The second-order valence-corrected chi connectivity index (χ2v) is 7.36. The van der Waals surface area contributed by atoms with Crippen LogP contribution in [0.25, 0.3) is 0 Å². The molecule has 27 heavy (non-hydrogen) atoms. The molecule has 7 nitrogen and oxygen atoms in total. The van der Waals surface area contributed by atoms with Gasteiger partial charge in [0.05, 0.1) is 19.1 Å². The zero-order valence-electron chi connectivity index (χ0n) is 15.2. The van der Waals surface area contributed by atoms with Gasteiger partial charge in [-0.05, 0) is 43.9 Å². The van der Waals surface area contributed by atoms with Crippen molar-refractivity contribution in [2.45, 2.75) is 44.2 Å². The van der Waals surface area contributed by atoms with Gasteiger partial charge < -0.3 is 19.6 Å². The standard InChI is InChI=1S/C19H23ClN2O5/c1-27-16-7-6-12(20)10-14(16)18(25)22-9-3-5-15(22)19(26)21-8-2-4-13(21)11-17(23)24/h6-7,10,13,15H,2-5,8-9,11H2,1H3,(H,23,24). The Morgan fingerprint density at radius 3 is 2.59 bits per heavy atom. The van der Waals surface area contributed by atoms with Gasteiger partial charge in [-0.3, -0.25) is 14.4 Å². The van der Waals surface area contributed by atoms with Crippen LogP contribution in [-0.2, 0) is 9.59 Å². The van der Waals surface area contributed by atoms with Gasteiger partial charge >= 0.3 is 5.97 Å². The third-order valence-corrected chi connectivity index (χ3v) is 5.50. The van der Waals surface area contributed by atoms with Crippen molar-refractivity contribution in [3.05, 3.63) is 28.8 Å².